The average molecular weight is 484 g/mol. The third-order valence-corrected chi connectivity index (χ3v) is 6.97. The van der Waals surface area contributed by atoms with E-state index in [2.05, 4.69) is 4.98 Å². The van der Waals surface area contributed by atoms with Crippen LogP contribution in [0.2, 0.25) is 0 Å². The number of hydrogen-bond donors (Lipinski definition) is 0. The Labute approximate surface area is 204 Å². The largest absolute Gasteiger partial charge is 0.454 e. The number of thioether (sulfide) groups is 1. The van der Waals surface area contributed by atoms with E-state index in [0.717, 1.165) is 22.5 Å². The van der Waals surface area contributed by atoms with Gasteiger partial charge in [-0.05, 0) is 47.7 Å². The molecule has 3 aromatic carbocycles. The number of amides is 1. The van der Waals surface area contributed by atoms with E-state index in [1.165, 1.54) is 23.1 Å². The van der Waals surface area contributed by atoms with Crippen molar-refractivity contribution in [1.82, 2.24) is 4.98 Å². The zero-order valence-corrected chi connectivity index (χ0v) is 19.4. The molecule has 0 unspecified atom stereocenters. The summed E-state index contributed by atoms with van der Waals surface area (Å²) in [5, 5.41) is 3.14. The minimum absolute atomic E-state index is 0.132. The topological polar surface area (TPSA) is 64.0 Å². The van der Waals surface area contributed by atoms with Crippen LogP contribution >= 0.6 is 23.1 Å². The van der Waals surface area contributed by atoms with Gasteiger partial charge in [-0.3, -0.25) is 9.69 Å². The first kappa shape index (κ1) is 20.7. The maximum atomic E-state index is 13.5. The van der Waals surface area contributed by atoms with Crippen molar-refractivity contribution in [1.29, 1.82) is 0 Å². The van der Waals surface area contributed by atoms with Crippen molar-refractivity contribution in [2.24, 2.45) is 4.99 Å². The minimum atomic E-state index is -0.132. The van der Waals surface area contributed by atoms with Crippen molar-refractivity contribution >= 4 is 51.1 Å². The second-order valence-corrected chi connectivity index (χ2v) is 9.32. The first-order valence-electron chi connectivity index (χ1n) is 10.5. The molecule has 0 atom stereocenters. The van der Waals surface area contributed by atoms with Crippen molar-refractivity contribution in [3.05, 3.63) is 94.7 Å². The number of nitrogens with zero attached hydrogens (tertiary/aromatic N) is 3. The van der Waals surface area contributed by atoms with E-state index in [9.17, 15) is 4.79 Å². The number of rotatable bonds is 4. The molecule has 6 nitrogen and oxygen atoms in total. The van der Waals surface area contributed by atoms with Crippen molar-refractivity contribution < 1.29 is 14.3 Å². The Morgan fingerprint density at radius 2 is 1.71 bits per heavy atom. The molecule has 3 heterocycles. The van der Waals surface area contributed by atoms with Gasteiger partial charge < -0.3 is 9.47 Å². The Kier molecular flexibility index (Phi) is 5.37. The molecule has 0 bridgehead atoms. The van der Waals surface area contributed by atoms with Crippen LogP contribution in [-0.4, -0.2) is 22.9 Å². The normalized spacial score (nSPS) is 17.2. The van der Waals surface area contributed by atoms with Crippen LogP contribution in [0.5, 0.6) is 11.5 Å². The Hall–Kier alpha value is -3.88. The van der Waals surface area contributed by atoms with E-state index >= 15 is 0 Å². The van der Waals surface area contributed by atoms with Crippen LogP contribution in [0.1, 0.15) is 5.56 Å². The third kappa shape index (κ3) is 3.98. The Morgan fingerprint density at radius 3 is 2.53 bits per heavy atom. The Balaban J connectivity index is 1.37. The van der Waals surface area contributed by atoms with Gasteiger partial charge >= 0.3 is 0 Å². The first-order chi connectivity index (χ1) is 16.7. The third-order valence-electron chi connectivity index (χ3n) is 5.27. The first-order valence-corrected chi connectivity index (χ1v) is 12.2. The van der Waals surface area contributed by atoms with Gasteiger partial charge in [0, 0.05) is 10.9 Å². The van der Waals surface area contributed by atoms with Crippen LogP contribution in [0.15, 0.2) is 94.1 Å². The number of benzene rings is 3. The molecular formula is C26H17N3O3S2. The van der Waals surface area contributed by atoms with Crippen LogP contribution in [-0.2, 0) is 4.79 Å². The summed E-state index contributed by atoms with van der Waals surface area (Å²) in [5.74, 6) is 1.25. The summed E-state index contributed by atoms with van der Waals surface area (Å²) in [4.78, 5) is 25.1. The maximum Gasteiger partial charge on any atom is 0.271 e. The highest BCUT2D eigenvalue weighted by atomic mass is 32.2. The van der Waals surface area contributed by atoms with E-state index in [-0.39, 0.29) is 12.7 Å². The predicted molar refractivity (Wildman–Crippen MR) is 137 cm³/mol. The van der Waals surface area contributed by atoms with E-state index in [1.807, 2.05) is 90.3 Å². The lowest BCUT2D eigenvalue weighted by Gasteiger charge is -2.14. The van der Waals surface area contributed by atoms with Gasteiger partial charge in [-0.1, -0.05) is 54.6 Å². The molecule has 0 radical (unpaired) electrons. The van der Waals surface area contributed by atoms with Gasteiger partial charge in [0.25, 0.3) is 5.91 Å². The number of carbonyl (C=O) groups excluding carboxylic acids is 1. The highest BCUT2D eigenvalue weighted by Gasteiger charge is 2.35. The van der Waals surface area contributed by atoms with Gasteiger partial charge in [-0.25, -0.2) is 4.98 Å². The van der Waals surface area contributed by atoms with Crippen molar-refractivity contribution in [2.45, 2.75) is 0 Å². The van der Waals surface area contributed by atoms with Gasteiger partial charge in [0.15, 0.2) is 16.7 Å². The number of fused-ring (bicyclic) bond motifs is 1. The van der Waals surface area contributed by atoms with Crippen LogP contribution in [0.25, 0.3) is 17.3 Å². The number of aliphatic imine (C=N–C) groups is 1. The number of hydrogen-bond acceptors (Lipinski definition) is 7. The van der Waals surface area contributed by atoms with Crippen LogP contribution in [0.4, 0.5) is 10.8 Å². The molecule has 1 aromatic heterocycles. The monoisotopic (exact) mass is 483 g/mol. The summed E-state index contributed by atoms with van der Waals surface area (Å²) in [5.41, 5.74) is 3.51. The lowest BCUT2D eigenvalue weighted by atomic mass is 10.2. The SMILES string of the molecule is O=C1/C(=C/c2ccc3c(c2)OCO3)S/C(=N/c2nc(-c3ccccc3)cs2)N1c1ccccc1. The van der Waals surface area contributed by atoms with Crippen LogP contribution < -0.4 is 14.4 Å². The molecule has 0 saturated carbocycles. The standard InChI is InChI=1S/C26H17N3O3S2/c30-24-23(14-17-11-12-21-22(13-17)32-16-31-21)34-26(29(24)19-9-5-2-6-10-19)28-25-27-20(15-33-25)18-7-3-1-4-8-18/h1-15H,16H2/b23-14-,28-26+. The van der Waals surface area contributed by atoms with Gasteiger partial charge in [-0.15, -0.1) is 11.3 Å². The molecule has 1 fully saturated rings. The van der Waals surface area contributed by atoms with Crippen LogP contribution in [0.3, 0.4) is 0 Å². The van der Waals surface area contributed by atoms with Gasteiger partial charge in [-0.2, -0.15) is 4.99 Å². The van der Waals surface area contributed by atoms with E-state index in [4.69, 9.17) is 14.5 Å². The molecule has 2 aliphatic rings. The molecule has 2 aliphatic heterocycles. The van der Waals surface area contributed by atoms with E-state index in [1.54, 1.807) is 4.90 Å². The highest BCUT2D eigenvalue weighted by Crippen LogP contribution is 2.39. The second-order valence-electron chi connectivity index (χ2n) is 7.48. The number of ether oxygens (including phenoxy) is 2. The van der Waals surface area contributed by atoms with E-state index < -0.39 is 0 Å². The van der Waals surface area contributed by atoms with Crippen molar-refractivity contribution in [3.63, 3.8) is 0 Å². The maximum absolute atomic E-state index is 13.5. The number of anilines is 1. The minimum Gasteiger partial charge on any atom is -0.454 e. The summed E-state index contributed by atoms with van der Waals surface area (Å²) in [6.45, 7) is 0.209. The molecule has 0 aliphatic carbocycles. The summed E-state index contributed by atoms with van der Waals surface area (Å²) in [6, 6.07) is 25.1. The van der Waals surface area contributed by atoms with Gasteiger partial charge in [0.2, 0.25) is 11.9 Å². The fourth-order valence-electron chi connectivity index (χ4n) is 3.65. The molecule has 0 N–H and O–H groups in total. The molecule has 4 aromatic rings. The fraction of sp³-hybridized carbons (Fsp3) is 0.0385. The number of aromatic nitrogens is 1. The Bertz CT molecular complexity index is 1430. The van der Waals surface area contributed by atoms with Gasteiger partial charge in [0.1, 0.15) is 0 Å². The number of thiazole rings is 1. The highest BCUT2D eigenvalue weighted by molar-refractivity contribution is 8.19. The molecule has 8 heteroatoms. The lowest BCUT2D eigenvalue weighted by Crippen LogP contribution is -2.28. The van der Waals surface area contributed by atoms with Gasteiger partial charge in [0.05, 0.1) is 16.3 Å². The molecule has 1 amide bonds. The number of para-hydroxylation sites is 1. The molecule has 166 valence electrons. The second kappa shape index (κ2) is 8.81. The van der Waals surface area contributed by atoms with Crippen LogP contribution in [0, 0.1) is 0 Å². The quantitative estimate of drug-likeness (QED) is 0.317. The number of amidine groups is 1. The molecule has 6 rings (SSSR count). The Morgan fingerprint density at radius 1 is 0.941 bits per heavy atom. The van der Waals surface area contributed by atoms with E-state index in [0.29, 0.717) is 26.7 Å². The molecule has 0 spiro atoms. The summed E-state index contributed by atoms with van der Waals surface area (Å²) in [6.07, 6.45) is 1.85. The smallest absolute Gasteiger partial charge is 0.271 e. The summed E-state index contributed by atoms with van der Waals surface area (Å²) < 4.78 is 10.9. The fourth-order valence-corrected chi connectivity index (χ4v) is 5.38. The molecule has 1 saturated heterocycles. The lowest BCUT2D eigenvalue weighted by molar-refractivity contribution is -0.113. The molecule has 34 heavy (non-hydrogen) atoms. The predicted octanol–water partition coefficient (Wildman–Crippen LogP) is 6.35. The summed E-state index contributed by atoms with van der Waals surface area (Å²) in [7, 11) is 0. The number of carbonyl (C=O) groups is 1. The average Bonchev–Trinajstić information content (AvgIpc) is 3.60. The zero-order chi connectivity index (χ0) is 22.9. The van der Waals surface area contributed by atoms with Crippen molar-refractivity contribution in [2.75, 3.05) is 11.7 Å². The molecular weight excluding hydrogens is 466 g/mol. The van der Waals surface area contributed by atoms with Crippen molar-refractivity contribution in [3.8, 4) is 22.8 Å². The summed E-state index contributed by atoms with van der Waals surface area (Å²) >= 11 is 2.78. The zero-order valence-electron chi connectivity index (χ0n) is 17.8.